The van der Waals surface area contributed by atoms with E-state index in [1.165, 1.54) is 16.6 Å². The second-order valence-electron chi connectivity index (χ2n) is 4.52. The second-order valence-corrected chi connectivity index (χ2v) is 6.43. The topological polar surface area (TPSA) is 109 Å². The molecule has 106 valence electrons. The molecule has 1 aliphatic rings. The monoisotopic (exact) mass is 286 g/mol. The van der Waals surface area contributed by atoms with Crippen LogP contribution in [0.2, 0.25) is 0 Å². The maximum absolute atomic E-state index is 12.5. The minimum atomic E-state index is -3.59. The highest BCUT2D eigenvalue weighted by Crippen LogP contribution is 2.28. The van der Waals surface area contributed by atoms with Gasteiger partial charge in [0.15, 0.2) is 5.82 Å². The molecule has 7 nitrogen and oxygen atoms in total. The highest BCUT2D eigenvalue weighted by Gasteiger charge is 2.33. The average molecular weight is 286 g/mol. The summed E-state index contributed by atoms with van der Waals surface area (Å²) in [5, 5.41) is 8.91. The molecule has 8 heteroatoms. The number of aliphatic hydroxyl groups excluding tert-OH is 1. The van der Waals surface area contributed by atoms with Gasteiger partial charge in [0.2, 0.25) is 10.0 Å². The first-order valence-electron chi connectivity index (χ1n) is 6.12. The van der Waals surface area contributed by atoms with Gasteiger partial charge in [0.1, 0.15) is 4.90 Å². The van der Waals surface area contributed by atoms with Crippen LogP contribution < -0.4 is 11.3 Å². The van der Waals surface area contributed by atoms with Crippen molar-refractivity contribution in [2.45, 2.75) is 17.7 Å². The minimum Gasteiger partial charge on any atom is -0.396 e. The molecular weight excluding hydrogens is 268 g/mol. The van der Waals surface area contributed by atoms with Crippen molar-refractivity contribution < 1.29 is 13.5 Å². The Morgan fingerprint density at radius 2 is 2.37 bits per heavy atom. The van der Waals surface area contributed by atoms with Crippen LogP contribution >= 0.6 is 0 Å². The number of pyridine rings is 1. The van der Waals surface area contributed by atoms with E-state index in [4.69, 9.17) is 10.9 Å². The molecule has 1 unspecified atom stereocenters. The average Bonchev–Trinajstić information content (AvgIpc) is 2.88. The molecule has 1 fully saturated rings. The number of nitrogen functional groups attached to an aromatic ring is 1. The predicted molar refractivity (Wildman–Crippen MR) is 70.6 cm³/mol. The number of sulfonamides is 1. The summed E-state index contributed by atoms with van der Waals surface area (Å²) in [6.45, 7) is 0.981. The Morgan fingerprint density at radius 1 is 1.58 bits per heavy atom. The highest BCUT2D eigenvalue weighted by molar-refractivity contribution is 7.89. The summed E-state index contributed by atoms with van der Waals surface area (Å²) in [7, 11) is -3.59. The van der Waals surface area contributed by atoms with Gasteiger partial charge in [0.25, 0.3) is 0 Å². The summed E-state index contributed by atoms with van der Waals surface area (Å²) < 4.78 is 26.4. The van der Waals surface area contributed by atoms with Gasteiger partial charge in [-0.2, -0.15) is 4.31 Å². The Hall–Kier alpha value is -1.22. The van der Waals surface area contributed by atoms with E-state index in [2.05, 4.69) is 10.4 Å². The van der Waals surface area contributed by atoms with Crippen molar-refractivity contribution in [3.05, 3.63) is 18.3 Å². The maximum Gasteiger partial charge on any atom is 0.246 e. The van der Waals surface area contributed by atoms with E-state index in [0.29, 0.717) is 19.5 Å². The normalized spacial score (nSPS) is 20.6. The Balaban J connectivity index is 2.24. The number of hydrogen-bond acceptors (Lipinski definition) is 6. The van der Waals surface area contributed by atoms with Gasteiger partial charge in [-0.15, -0.1) is 0 Å². The number of anilines is 1. The summed E-state index contributed by atoms with van der Waals surface area (Å²) >= 11 is 0. The number of hydrazine groups is 1. The Bertz CT molecular complexity index is 534. The molecule has 2 heterocycles. The zero-order valence-corrected chi connectivity index (χ0v) is 11.3. The number of aromatic nitrogens is 1. The molecule has 2 rings (SSSR count). The first-order chi connectivity index (χ1) is 9.09. The van der Waals surface area contributed by atoms with E-state index in [1.807, 2.05) is 0 Å². The van der Waals surface area contributed by atoms with Crippen LogP contribution in [-0.2, 0) is 10.0 Å². The van der Waals surface area contributed by atoms with Gasteiger partial charge < -0.3 is 10.5 Å². The molecule has 0 radical (unpaired) electrons. The van der Waals surface area contributed by atoms with Crippen molar-refractivity contribution in [2.75, 3.05) is 25.1 Å². The Labute approximate surface area is 112 Å². The lowest BCUT2D eigenvalue weighted by atomic mass is 10.1. The zero-order valence-electron chi connectivity index (χ0n) is 10.5. The molecule has 0 amide bonds. The SMILES string of the molecule is NNc1ncccc1S(=O)(=O)N1CCC(CCO)C1. The van der Waals surface area contributed by atoms with Crippen LogP contribution in [-0.4, -0.2) is 42.5 Å². The molecule has 1 atom stereocenters. The summed E-state index contributed by atoms with van der Waals surface area (Å²) in [5.41, 5.74) is 2.30. The third kappa shape index (κ3) is 2.86. The van der Waals surface area contributed by atoms with Crippen molar-refractivity contribution in [2.24, 2.45) is 11.8 Å². The van der Waals surface area contributed by atoms with E-state index >= 15 is 0 Å². The Kier molecular flexibility index (Phi) is 4.35. The van der Waals surface area contributed by atoms with Crippen LogP contribution in [0.5, 0.6) is 0 Å². The number of hydrogen-bond donors (Lipinski definition) is 3. The first kappa shape index (κ1) is 14.2. The van der Waals surface area contributed by atoms with Crippen molar-refractivity contribution in [1.29, 1.82) is 0 Å². The van der Waals surface area contributed by atoms with E-state index in [9.17, 15) is 8.42 Å². The van der Waals surface area contributed by atoms with Crippen LogP contribution in [0, 0.1) is 5.92 Å². The third-order valence-corrected chi connectivity index (χ3v) is 5.21. The molecule has 19 heavy (non-hydrogen) atoms. The third-order valence-electron chi connectivity index (χ3n) is 3.31. The van der Waals surface area contributed by atoms with Gasteiger partial charge in [-0.3, -0.25) is 0 Å². The molecule has 0 saturated carbocycles. The number of nitrogens with zero attached hydrogens (tertiary/aromatic N) is 2. The smallest absolute Gasteiger partial charge is 0.246 e. The summed E-state index contributed by atoms with van der Waals surface area (Å²) in [6.07, 6.45) is 2.87. The molecule has 0 aliphatic carbocycles. The fourth-order valence-corrected chi connectivity index (χ4v) is 3.92. The van der Waals surface area contributed by atoms with Crippen molar-refractivity contribution in [3.8, 4) is 0 Å². The molecule has 1 saturated heterocycles. The number of aliphatic hydroxyl groups is 1. The van der Waals surface area contributed by atoms with E-state index < -0.39 is 10.0 Å². The standard InChI is InChI=1S/C11H18N4O3S/c12-14-11-10(2-1-5-13-11)19(17,18)15-6-3-9(8-15)4-7-16/h1-2,5,9,16H,3-4,6-8,12H2,(H,13,14). The molecule has 4 N–H and O–H groups in total. The van der Waals surface area contributed by atoms with E-state index in [-0.39, 0.29) is 23.2 Å². The highest BCUT2D eigenvalue weighted by atomic mass is 32.2. The van der Waals surface area contributed by atoms with Gasteiger partial charge in [0, 0.05) is 25.9 Å². The fourth-order valence-electron chi connectivity index (χ4n) is 2.28. The van der Waals surface area contributed by atoms with Gasteiger partial charge in [-0.05, 0) is 30.9 Å². The Morgan fingerprint density at radius 3 is 3.05 bits per heavy atom. The van der Waals surface area contributed by atoms with Crippen molar-refractivity contribution in [3.63, 3.8) is 0 Å². The quantitative estimate of drug-likeness (QED) is 0.509. The van der Waals surface area contributed by atoms with Gasteiger partial charge in [0.05, 0.1) is 0 Å². The van der Waals surface area contributed by atoms with Crippen molar-refractivity contribution >= 4 is 15.8 Å². The van der Waals surface area contributed by atoms with Crippen LogP contribution in [0.3, 0.4) is 0 Å². The zero-order chi connectivity index (χ0) is 13.9. The minimum absolute atomic E-state index is 0.0844. The van der Waals surface area contributed by atoms with Crippen LogP contribution in [0.1, 0.15) is 12.8 Å². The van der Waals surface area contributed by atoms with Crippen LogP contribution in [0.4, 0.5) is 5.82 Å². The van der Waals surface area contributed by atoms with Gasteiger partial charge >= 0.3 is 0 Å². The molecule has 1 aromatic rings. The lowest BCUT2D eigenvalue weighted by molar-refractivity contribution is 0.259. The molecule has 1 aliphatic heterocycles. The molecular formula is C11H18N4O3S. The first-order valence-corrected chi connectivity index (χ1v) is 7.56. The molecule has 0 bridgehead atoms. The summed E-state index contributed by atoms with van der Waals surface area (Å²) in [4.78, 5) is 3.99. The van der Waals surface area contributed by atoms with Crippen molar-refractivity contribution in [1.82, 2.24) is 9.29 Å². The van der Waals surface area contributed by atoms with Gasteiger partial charge in [-0.1, -0.05) is 0 Å². The van der Waals surface area contributed by atoms with Crippen LogP contribution in [0.15, 0.2) is 23.2 Å². The predicted octanol–water partition coefficient (Wildman–Crippen LogP) is -0.240. The van der Waals surface area contributed by atoms with Crippen LogP contribution in [0.25, 0.3) is 0 Å². The summed E-state index contributed by atoms with van der Waals surface area (Å²) in [5.74, 6) is 5.65. The molecule has 0 aromatic carbocycles. The lowest BCUT2D eigenvalue weighted by Crippen LogP contribution is -2.30. The van der Waals surface area contributed by atoms with E-state index in [0.717, 1.165) is 6.42 Å². The second kappa shape index (κ2) is 5.83. The lowest BCUT2D eigenvalue weighted by Gasteiger charge is -2.18. The maximum atomic E-state index is 12.5. The number of rotatable bonds is 5. The molecule has 0 spiro atoms. The van der Waals surface area contributed by atoms with Gasteiger partial charge in [-0.25, -0.2) is 19.2 Å². The largest absolute Gasteiger partial charge is 0.396 e. The fraction of sp³-hybridized carbons (Fsp3) is 0.545. The number of nitrogens with one attached hydrogen (secondary N) is 1. The molecule has 1 aromatic heterocycles. The summed E-state index contributed by atoms with van der Waals surface area (Å²) in [6, 6.07) is 3.05. The number of nitrogens with two attached hydrogens (primary N) is 1. The van der Waals surface area contributed by atoms with E-state index in [1.54, 1.807) is 6.07 Å².